The summed E-state index contributed by atoms with van der Waals surface area (Å²) in [6.07, 6.45) is 0. The Bertz CT molecular complexity index is 1120. The van der Waals surface area contributed by atoms with Gasteiger partial charge in [0.1, 0.15) is 5.82 Å². The molecule has 0 radical (unpaired) electrons. The summed E-state index contributed by atoms with van der Waals surface area (Å²) in [5.74, 6) is -0.220. The van der Waals surface area contributed by atoms with Crippen molar-refractivity contribution in [1.82, 2.24) is 9.78 Å². The van der Waals surface area contributed by atoms with Crippen LogP contribution in [0.25, 0.3) is 22.5 Å². The van der Waals surface area contributed by atoms with Crippen molar-refractivity contribution in [3.8, 4) is 22.5 Å². The fourth-order valence-electron chi connectivity index (χ4n) is 3.31. The smallest absolute Gasteiger partial charge is 0.128 e. The van der Waals surface area contributed by atoms with Gasteiger partial charge in [-0.3, -0.25) is 4.68 Å². The molecule has 0 atom stereocenters. The van der Waals surface area contributed by atoms with Crippen LogP contribution in [0, 0.1) is 12.7 Å². The van der Waals surface area contributed by atoms with Crippen molar-refractivity contribution in [3.63, 3.8) is 0 Å². The van der Waals surface area contributed by atoms with E-state index in [9.17, 15) is 4.39 Å². The molecule has 0 fully saturated rings. The van der Waals surface area contributed by atoms with E-state index in [4.69, 9.17) is 5.10 Å². The number of aromatic nitrogens is 2. The largest absolute Gasteiger partial charge is 0.259 e. The topological polar surface area (TPSA) is 17.8 Å². The quantitative estimate of drug-likeness (QED) is 0.289. The van der Waals surface area contributed by atoms with Crippen molar-refractivity contribution < 1.29 is 4.39 Å². The summed E-state index contributed by atoms with van der Waals surface area (Å²) in [7, 11) is 0. The molecule has 5 heteroatoms. The third kappa shape index (κ3) is 3.82. The fourth-order valence-corrected chi connectivity index (χ4v) is 3.84. The average molecular weight is 500 g/mol. The van der Waals surface area contributed by atoms with E-state index in [0.717, 1.165) is 37.0 Å². The van der Waals surface area contributed by atoms with Crippen LogP contribution >= 0.6 is 31.9 Å². The molecule has 1 heterocycles. The normalized spacial score (nSPS) is 11.0. The Morgan fingerprint density at radius 1 is 0.821 bits per heavy atom. The first kappa shape index (κ1) is 19.1. The summed E-state index contributed by atoms with van der Waals surface area (Å²) < 4.78 is 18.2. The number of hydrogen-bond acceptors (Lipinski definition) is 1. The van der Waals surface area contributed by atoms with Crippen molar-refractivity contribution in [2.24, 2.45) is 0 Å². The van der Waals surface area contributed by atoms with Crippen LogP contribution in [0.4, 0.5) is 4.39 Å². The number of halogens is 3. The monoisotopic (exact) mass is 498 g/mol. The van der Waals surface area contributed by atoms with Gasteiger partial charge in [0.15, 0.2) is 0 Å². The number of hydrogen-bond donors (Lipinski definition) is 0. The molecular formula is C23H17Br2FN2. The molecule has 4 aromatic rings. The van der Waals surface area contributed by atoms with Gasteiger partial charge < -0.3 is 0 Å². The fraction of sp³-hybridized carbons (Fsp3) is 0.0870. The number of benzene rings is 3. The molecule has 1 aromatic heterocycles. The Kier molecular flexibility index (Phi) is 5.47. The second-order valence-corrected chi connectivity index (χ2v) is 8.42. The number of rotatable bonds is 4. The molecule has 0 unspecified atom stereocenters. The minimum Gasteiger partial charge on any atom is -0.259 e. The van der Waals surface area contributed by atoms with E-state index < -0.39 is 0 Å². The third-order valence-corrected chi connectivity index (χ3v) is 5.76. The predicted octanol–water partition coefficient (Wildman–Crippen LogP) is 7.24. The van der Waals surface area contributed by atoms with E-state index in [1.807, 2.05) is 47.1 Å². The van der Waals surface area contributed by atoms with Crippen LogP contribution in [0.3, 0.4) is 0 Å². The average Bonchev–Trinajstić information content (AvgIpc) is 3.01. The molecule has 0 bridgehead atoms. The lowest BCUT2D eigenvalue weighted by molar-refractivity contribution is 0.587. The van der Waals surface area contributed by atoms with E-state index in [1.165, 1.54) is 6.07 Å². The van der Waals surface area contributed by atoms with Gasteiger partial charge in [-0.2, -0.15) is 5.10 Å². The van der Waals surface area contributed by atoms with E-state index >= 15 is 0 Å². The van der Waals surface area contributed by atoms with Crippen LogP contribution in [0.5, 0.6) is 0 Å². The third-order valence-electron chi connectivity index (χ3n) is 4.70. The van der Waals surface area contributed by atoms with Gasteiger partial charge >= 0.3 is 0 Å². The lowest BCUT2D eigenvalue weighted by atomic mass is 10.0. The molecule has 0 aliphatic rings. The lowest BCUT2D eigenvalue weighted by Crippen LogP contribution is -2.06. The maximum atomic E-state index is 14.3. The molecule has 0 N–H and O–H groups in total. The Labute approximate surface area is 180 Å². The molecule has 0 spiro atoms. The Balaban J connectivity index is 1.87. The van der Waals surface area contributed by atoms with Gasteiger partial charge in [-0.05, 0) is 37.3 Å². The maximum absolute atomic E-state index is 14.3. The van der Waals surface area contributed by atoms with E-state index in [-0.39, 0.29) is 5.82 Å². The molecule has 0 saturated carbocycles. The second kappa shape index (κ2) is 8.02. The molecule has 0 saturated heterocycles. The minimum absolute atomic E-state index is 0.220. The molecular weight excluding hydrogens is 483 g/mol. The molecule has 140 valence electrons. The zero-order valence-electron chi connectivity index (χ0n) is 15.2. The second-order valence-electron chi connectivity index (χ2n) is 6.59. The standard InChI is InChI=1S/C23H17Br2FN2/c1-15-22(16-6-10-19(24)11-7-16)27-28(14-18-4-2-3-5-21(18)26)23(15)17-8-12-20(25)13-9-17/h2-13H,14H2,1H3. The predicted molar refractivity (Wildman–Crippen MR) is 119 cm³/mol. The SMILES string of the molecule is Cc1c(-c2ccc(Br)cc2)nn(Cc2ccccc2F)c1-c1ccc(Br)cc1. The lowest BCUT2D eigenvalue weighted by Gasteiger charge is -2.10. The van der Waals surface area contributed by atoms with Crippen LogP contribution in [-0.4, -0.2) is 9.78 Å². The molecule has 4 rings (SSSR count). The van der Waals surface area contributed by atoms with Gasteiger partial charge in [0, 0.05) is 31.2 Å². The summed E-state index contributed by atoms with van der Waals surface area (Å²) in [5.41, 5.74) is 5.67. The van der Waals surface area contributed by atoms with Crippen LogP contribution in [0.15, 0.2) is 81.7 Å². The molecule has 0 aliphatic heterocycles. The summed E-state index contributed by atoms with van der Waals surface area (Å²) in [6.45, 7) is 2.44. The highest BCUT2D eigenvalue weighted by atomic mass is 79.9. The zero-order valence-corrected chi connectivity index (χ0v) is 18.3. The van der Waals surface area contributed by atoms with Crippen molar-refractivity contribution in [2.45, 2.75) is 13.5 Å². The van der Waals surface area contributed by atoms with E-state index in [0.29, 0.717) is 12.1 Å². The molecule has 0 aliphatic carbocycles. The Hall–Kier alpha value is -2.24. The van der Waals surface area contributed by atoms with Crippen LogP contribution in [0.1, 0.15) is 11.1 Å². The Morgan fingerprint density at radius 3 is 2.00 bits per heavy atom. The number of nitrogens with zero attached hydrogens (tertiary/aromatic N) is 2. The maximum Gasteiger partial charge on any atom is 0.128 e. The van der Waals surface area contributed by atoms with Crippen molar-refractivity contribution in [2.75, 3.05) is 0 Å². The van der Waals surface area contributed by atoms with E-state index in [2.05, 4.69) is 50.9 Å². The first-order chi connectivity index (χ1) is 13.5. The van der Waals surface area contributed by atoms with Crippen LogP contribution in [-0.2, 0) is 6.54 Å². The van der Waals surface area contributed by atoms with Gasteiger partial charge in [0.25, 0.3) is 0 Å². The van der Waals surface area contributed by atoms with Gasteiger partial charge in [0.05, 0.1) is 17.9 Å². The summed E-state index contributed by atoms with van der Waals surface area (Å²) >= 11 is 6.97. The summed E-state index contributed by atoms with van der Waals surface area (Å²) in [4.78, 5) is 0. The zero-order chi connectivity index (χ0) is 19.7. The van der Waals surface area contributed by atoms with Crippen LogP contribution < -0.4 is 0 Å². The molecule has 28 heavy (non-hydrogen) atoms. The van der Waals surface area contributed by atoms with Crippen molar-refractivity contribution in [3.05, 3.63) is 98.7 Å². The highest BCUT2D eigenvalue weighted by Crippen LogP contribution is 2.33. The summed E-state index contributed by atoms with van der Waals surface area (Å²) in [6, 6.07) is 23.1. The van der Waals surface area contributed by atoms with Crippen molar-refractivity contribution >= 4 is 31.9 Å². The van der Waals surface area contributed by atoms with Gasteiger partial charge in [-0.15, -0.1) is 0 Å². The first-order valence-corrected chi connectivity index (χ1v) is 10.4. The molecule has 3 aromatic carbocycles. The Morgan fingerprint density at radius 2 is 1.39 bits per heavy atom. The first-order valence-electron chi connectivity index (χ1n) is 8.85. The molecule has 0 amide bonds. The van der Waals surface area contributed by atoms with Gasteiger partial charge in [0.2, 0.25) is 0 Å². The van der Waals surface area contributed by atoms with Crippen molar-refractivity contribution in [1.29, 1.82) is 0 Å². The van der Waals surface area contributed by atoms with E-state index in [1.54, 1.807) is 12.1 Å². The highest BCUT2D eigenvalue weighted by Gasteiger charge is 2.18. The highest BCUT2D eigenvalue weighted by molar-refractivity contribution is 9.10. The van der Waals surface area contributed by atoms with Gasteiger partial charge in [-0.25, -0.2) is 4.39 Å². The van der Waals surface area contributed by atoms with Crippen LogP contribution in [0.2, 0.25) is 0 Å². The minimum atomic E-state index is -0.220. The van der Waals surface area contributed by atoms with Gasteiger partial charge in [-0.1, -0.05) is 74.3 Å². The summed E-state index contributed by atoms with van der Waals surface area (Å²) in [5, 5.41) is 4.87. The molecule has 2 nitrogen and oxygen atoms in total.